The van der Waals surface area contributed by atoms with E-state index in [1.165, 1.54) is 48.7 Å². The average Bonchev–Trinajstić information content (AvgIpc) is 3.23. The number of rotatable bonds is 7. The van der Waals surface area contributed by atoms with Crippen molar-refractivity contribution in [2.45, 2.75) is 55.8 Å². The Labute approximate surface area is 144 Å². The van der Waals surface area contributed by atoms with Crippen molar-refractivity contribution in [3.63, 3.8) is 0 Å². The van der Waals surface area contributed by atoms with Crippen LogP contribution in [0.1, 0.15) is 48.8 Å². The number of aromatic nitrogens is 3. The zero-order chi connectivity index (χ0) is 16.1. The molecular formula is C16H23N3O2S2. The molecule has 1 aliphatic carbocycles. The van der Waals surface area contributed by atoms with E-state index in [0.29, 0.717) is 11.8 Å². The molecule has 7 heteroatoms. The summed E-state index contributed by atoms with van der Waals surface area (Å²) >= 11 is 3.23. The van der Waals surface area contributed by atoms with Crippen LogP contribution in [0.15, 0.2) is 22.7 Å². The SMILES string of the molecule is OC[C@@H](O)CSc1nnc(Cc2cccs2)n1C1CCCCC1. The lowest BCUT2D eigenvalue weighted by Gasteiger charge is -2.25. The normalized spacial score (nSPS) is 17.5. The Morgan fingerprint density at radius 2 is 2.13 bits per heavy atom. The zero-order valence-corrected chi connectivity index (χ0v) is 14.7. The highest BCUT2D eigenvalue weighted by molar-refractivity contribution is 7.99. The van der Waals surface area contributed by atoms with Crippen LogP contribution in [0.3, 0.4) is 0 Å². The molecule has 1 fully saturated rings. The third-order valence-electron chi connectivity index (χ3n) is 4.20. The van der Waals surface area contributed by atoms with E-state index in [2.05, 4.69) is 32.3 Å². The monoisotopic (exact) mass is 353 g/mol. The molecule has 5 nitrogen and oxygen atoms in total. The number of hydrogen-bond acceptors (Lipinski definition) is 6. The highest BCUT2D eigenvalue weighted by atomic mass is 32.2. The number of hydrogen-bond donors (Lipinski definition) is 2. The van der Waals surface area contributed by atoms with Crippen molar-refractivity contribution in [2.75, 3.05) is 12.4 Å². The molecule has 0 saturated heterocycles. The van der Waals surface area contributed by atoms with E-state index in [0.717, 1.165) is 17.4 Å². The Bertz CT molecular complexity index is 594. The van der Waals surface area contributed by atoms with Gasteiger partial charge in [-0.3, -0.25) is 0 Å². The molecule has 3 rings (SSSR count). The second-order valence-corrected chi connectivity index (χ2v) is 7.98. The average molecular weight is 354 g/mol. The molecular weight excluding hydrogens is 330 g/mol. The largest absolute Gasteiger partial charge is 0.394 e. The van der Waals surface area contributed by atoms with E-state index in [9.17, 15) is 5.11 Å². The molecule has 126 valence electrons. The molecule has 1 aliphatic rings. The quantitative estimate of drug-likeness (QED) is 0.749. The van der Waals surface area contributed by atoms with Gasteiger partial charge in [0.25, 0.3) is 0 Å². The molecule has 0 radical (unpaired) electrons. The van der Waals surface area contributed by atoms with Crippen LogP contribution in [0, 0.1) is 0 Å². The van der Waals surface area contributed by atoms with Gasteiger partial charge in [0, 0.05) is 23.1 Å². The second-order valence-electron chi connectivity index (χ2n) is 5.96. The van der Waals surface area contributed by atoms with Crippen molar-refractivity contribution >= 4 is 23.1 Å². The molecule has 2 aromatic heterocycles. The Hall–Kier alpha value is -0.890. The smallest absolute Gasteiger partial charge is 0.191 e. The molecule has 0 bridgehead atoms. The van der Waals surface area contributed by atoms with E-state index in [-0.39, 0.29) is 6.61 Å². The van der Waals surface area contributed by atoms with Gasteiger partial charge in [-0.1, -0.05) is 37.1 Å². The minimum atomic E-state index is -0.711. The maximum Gasteiger partial charge on any atom is 0.191 e. The van der Waals surface area contributed by atoms with Crippen molar-refractivity contribution in [3.05, 3.63) is 28.2 Å². The van der Waals surface area contributed by atoms with E-state index in [1.54, 1.807) is 11.3 Å². The summed E-state index contributed by atoms with van der Waals surface area (Å²) in [6.45, 7) is -0.216. The van der Waals surface area contributed by atoms with Gasteiger partial charge < -0.3 is 14.8 Å². The highest BCUT2D eigenvalue weighted by Crippen LogP contribution is 2.33. The van der Waals surface area contributed by atoms with Crippen molar-refractivity contribution in [2.24, 2.45) is 0 Å². The predicted molar refractivity (Wildman–Crippen MR) is 93.1 cm³/mol. The van der Waals surface area contributed by atoms with Gasteiger partial charge in [0.05, 0.1) is 12.7 Å². The lowest BCUT2D eigenvalue weighted by Crippen LogP contribution is -2.18. The van der Waals surface area contributed by atoms with Gasteiger partial charge in [-0.25, -0.2) is 0 Å². The summed E-state index contributed by atoms with van der Waals surface area (Å²) in [5.41, 5.74) is 0. The van der Waals surface area contributed by atoms with Gasteiger partial charge in [-0.05, 0) is 24.3 Å². The van der Waals surface area contributed by atoms with E-state index >= 15 is 0 Å². The summed E-state index contributed by atoms with van der Waals surface area (Å²) in [4.78, 5) is 1.29. The van der Waals surface area contributed by atoms with Crippen LogP contribution in [0.4, 0.5) is 0 Å². The molecule has 23 heavy (non-hydrogen) atoms. The van der Waals surface area contributed by atoms with Gasteiger partial charge in [0.1, 0.15) is 5.82 Å². The van der Waals surface area contributed by atoms with Crippen LogP contribution in [-0.4, -0.2) is 43.4 Å². The fourth-order valence-corrected chi connectivity index (χ4v) is 4.67. The van der Waals surface area contributed by atoms with Gasteiger partial charge in [-0.15, -0.1) is 21.5 Å². The Kier molecular flexibility index (Phi) is 6.10. The van der Waals surface area contributed by atoms with Crippen molar-refractivity contribution in [1.29, 1.82) is 0 Å². The summed E-state index contributed by atoms with van der Waals surface area (Å²) in [5, 5.41) is 30.4. The first-order valence-electron chi connectivity index (χ1n) is 8.16. The molecule has 0 aliphatic heterocycles. The fourth-order valence-electron chi connectivity index (χ4n) is 3.02. The van der Waals surface area contributed by atoms with Crippen LogP contribution in [0.25, 0.3) is 0 Å². The zero-order valence-electron chi connectivity index (χ0n) is 13.1. The molecule has 1 saturated carbocycles. The molecule has 0 amide bonds. The molecule has 0 aromatic carbocycles. The standard InChI is InChI=1S/C16H23N3O2S2/c20-10-13(21)11-23-16-18-17-15(9-14-7-4-8-22-14)19(16)12-5-2-1-3-6-12/h4,7-8,12-13,20-21H,1-3,5-6,9-11H2/t13-/m1/s1. The van der Waals surface area contributed by atoms with Crippen LogP contribution in [0.2, 0.25) is 0 Å². The molecule has 0 unspecified atom stereocenters. The number of thiophene rings is 1. The fraction of sp³-hybridized carbons (Fsp3) is 0.625. The number of aliphatic hydroxyl groups excluding tert-OH is 2. The maximum absolute atomic E-state index is 9.61. The lowest BCUT2D eigenvalue weighted by atomic mass is 9.95. The molecule has 0 spiro atoms. The van der Waals surface area contributed by atoms with Crippen LogP contribution in [0.5, 0.6) is 0 Å². The minimum absolute atomic E-state index is 0.216. The summed E-state index contributed by atoms with van der Waals surface area (Å²) in [7, 11) is 0. The van der Waals surface area contributed by atoms with Gasteiger partial charge >= 0.3 is 0 Å². The highest BCUT2D eigenvalue weighted by Gasteiger charge is 2.23. The third kappa shape index (κ3) is 4.35. The Morgan fingerprint density at radius 1 is 1.30 bits per heavy atom. The van der Waals surface area contributed by atoms with Crippen molar-refractivity contribution < 1.29 is 10.2 Å². The van der Waals surface area contributed by atoms with E-state index in [4.69, 9.17) is 5.11 Å². The predicted octanol–water partition coefficient (Wildman–Crippen LogP) is 2.88. The molecule has 1 atom stereocenters. The van der Waals surface area contributed by atoms with E-state index in [1.807, 2.05) is 0 Å². The van der Waals surface area contributed by atoms with E-state index < -0.39 is 6.10 Å². The van der Waals surface area contributed by atoms with Gasteiger partial charge in [-0.2, -0.15) is 0 Å². The third-order valence-corrected chi connectivity index (χ3v) is 6.17. The molecule has 2 N–H and O–H groups in total. The van der Waals surface area contributed by atoms with Gasteiger partial charge in [0.15, 0.2) is 5.16 Å². The number of nitrogens with zero attached hydrogens (tertiary/aromatic N) is 3. The molecule has 2 heterocycles. The summed E-state index contributed by atoms with van der Waals surface area (Å²) < 4.78 is 2.29. The van der Waals surface area contributed by atoms with Crippen LogP contribution < -0.4 is 0 Å². The van der Waals surface area contributed by atoms with Crippen molar-refractivity contribution in [3.8, 4) is 0 Å². The van der Waals surface area contributed by atoms with Crippen molar-refractivity contribution in [1.82, 2.24) is 14.8 Å². The Balaban J connectivity index is 1.81. The first-order chi connectivity index (χ1) is 11.3. The first kappa shape index (κ1) is 17.0. The number of aliphatic hydroxyl groups is 2. The number of thioether (sulfide) groups is 1. The van der Waals surface area contributed by atoms with Crippen LogP contribution >= 0.6 is 23.1 Å². The summed E-state index contributed by atoms with van der Waals surface area (Å²) in [6, 6.07) is 4.66. The lowest BCUT2D eigenvalue weighted by molar-refractivity contribution is 0.113. The van der Waals surface area contributed by atoms with Gasteiger partial charge in [0.2, 0.25) is 0 Å². The maximum atomic E-state index is 9.61. The second kappa shape index (κ2) is 8.28. The minimum Gasteiger partial charge on any atom is -0.394 e. The van der Waals surface area contributed by atoms with Crippen LogP contribution in [-0.2, 0) is 6.42 Å². The summed E-state index contributed by atoms with van der Waals surface area (Å²) in [6.07, 6.45) is 6.26. The Morgan fingerprint density at radius 3 is 2.83 bits per heavy atom. The molecule has 2 aromatic rings. The summed E-state index contributed by atoms with van der Waals surface area (Å²) in [5.74, 6) is 1.46. The first-order valence-corrected chi connectivity index (χ1v) is 10.0. The topological polar surface area (TPSA) is 71.2 Å².